The first-order valence-corrected chi connectivity index (χ1v) is 11.7. The smallest absolute Gasteiger partial charge is 0.143 e. The monoisotopic (exact) mass is 428 g/mol. The van der Waals surface area contributed by atoms with Crippen LogP contribution in [0.1, 0.15) is 48.5 Å². The number of aliphatic hydroxyl groups is 2. The Morgan fingerprint density at radius 1 is 1.00 bits per heavy atom. The number of nitrogens with zero attached hydrogens (tertiary/aromatic N) is 4. The van der Waals surface area contributed by atoms with Gasteiger partial charge in [-0.25, -0.2) is 9.97 Å². The maximum Gasteiger partial charge on any atom is 0.143 e. The van der Waals surface area contributed by atoms with E-state index in [1.165, 1.54) is 41.4 Å². The SMILES string of the molecule is O[C@@H]1[C@@H](CCc2ccc3cc4c(nc3c2)CCCC4)C[C@@H](n2ccc3cncnc32)[C@@H]1O. The van der Waals surface area contributed by atoms with Crippen molar-refractivity contribution in [1.29, 1.82) is 0 Å². The summed E-state index contributed by atoms with van der Waals surface area (Å²) in [5.41, 5.74) is 5.80. The van der Waals surface area contributed by atoms with E-state index in [0.29, 0.717) is 0 Å². The molecule has 0 saturated heterocycles. The third-order valence-corrected chi connectivity index (χ3v) is 7.47. The standard InChI is InChI=1S/C26H28N4O2/c31-24-19(13-23(25(24)32)30-10-9-20-14-27-15-28-26(20)30)8-6-16-5-7-18-12-17-3-1-2-4-21(17)29-22(18)11-16/h5,7,9-12,14-15,19,23-25,31-32H,1-4,6,8,13H2/t19-,23+,24+,25-/m0/s1. The maximum absolute atomic E-state index is 10.8. The Morgan fingerprint density at radius 3 is 2.84 bits per heavy atom. The summed E-state index contributed by atoms with van der Waals surface area (Å²) in [6.07, 6.45) is 10.9. The van der Waals surface area contributed by atoms with Gasteiger partial charge in [-0.05, 0) is 80.2 Å². The van der Waals surface area contributed by atoms with E-state index in [1.54, 1.807) is 6.20 Å². The lowest BCUT2D eigenvalue weighted by Crippen LogP contribution is -2.29. The first-order valence-electron chi connectivity index (χ1n) is 11.7. The van der Waals surface area contributed by atoms with E-state index in [9.17, 15) is 10.2 Å². The molecule has 0 amide bonds. The van der Waals surface area contributed by atoms with Crippen LogP contribution in [0.5, 0.6) is 0 Å². The molecule has 6 rings (SSSR count). The van der Waals surface area contributed by atoms with Gasteiger partial charge >= 0.3 is 0 Å². The Morgan fingerprint density at radius 2 is 1.91 bits per heavy atom. The molecule has 1 saturated carbocycles. The van der Waals surface area contributed by atoms with Gasteiger partial charge in [0, 0.05) is 28.9 Å². The highest BCUT2D eigenvalue weighted by Crippen LogP contribution is 2.39. The van der Waals surface area contributed by atoms with Gasteiger partial charge < -0.3 is 14.8 Å². The summed E-state index contributed by atoms with van der Waals surface area (Å²) in [5.74, 6) is 0.0430. The number of benzene rings is 1. The van der Waals surface area contributed by atoms with Crippen LogP contribution in [0.25, 0.3) is 21.9 Å². The Bertz CT molecular complexity index is 1280. The van der Waals surface area contributed by atoms with Gasteiger partial charge in [-0.1, -0.05) is 12.1 Å². The van der Waals surface area contributed by atoms with E-state index in [0.717, 1.165) is 48.7 Å². The number of pyridine rings is 1. The van der Waals surface area contributed by atoms with E-state index < -0.39 is 12.2 Å². The van der Waals surface area contributed by atoms with Crippen LogP contribution in [0.2, 0.25) is 0 Å². The first kappa shape index (κ1) is 19.8. The highest BCUT2D eigenvalue weighted by atomic mass is 16.3. The van der Waals surface area contributed by atoms with Crippen LogP contribution in [0.3, 0.4) is 0 Å². The fraction of sp³-hybridized carbons (Fsp3) is 0.423. The van der Waals surface area contributed by atoms with E-state index in [-0.39, 0.29) is 12.0 Å². The number of aromatic nitrogens is 4. The molecule has 3 heterocycles. The average Bonchev–Trinajstić information content (AvgIpc) is 3.37. The number of hydrogen-bond acceptors (Lipinski definition) is 5. The Labute approximate surface area is 187 Å². The molecule has 32 heavy (non-hydrogen) atoms. The quantitative estimate of drug-likeness (QED) is 0.517. The molecule has 3 aromatic heterocycles. The van der Waals surface area contributed by atoms with Crippen molar-refractivity contribution in [1.82, 2.24) is 19.5 Å². The molecule has 2 aliphatic rings. The molecule has 6 nitrogen and oxygen atoms in total. The van der Waals surface area contributed by atoms with E-state index in [2.05, 4.69) is 34.2 Å². The number of hydrogen-bond donors (Lipinski definition) is 2. The van der Waals surface area contributed by atoms with Crippen molar-refractivity contribution in [3.05, 3.63) is 65.9 Å². The summed E-state index contributed by atoms with van der Waals surface area (Å²) in [6, 6.07) is 10.7. The van der Waals surface area contributed by atoms with Gasteiger partial charge in [-0.2, -0.15) is 0 Å². The first-order chi connectivity index (χ1) is 15.7. The molecular formula is C26H28N4O2. The second-order valence-corrected chi connectivity index (χ2v) is 9.44. The van der Waals surface area contributed by atoms with Crippen molar-refractivity contribution < 1.29 is 10.2 Å². The molecule has 0 bridgehead atoms. The normalized spacial score (nSPS) is 25.4. The molecule has 6 heteroatoms. The second kappa shape index (κ2) is 7.94. The minimum absolute atomic E-state index is 0.0430. The van der Waals surface area contributed by atoms with Crippen LogP contribution in [0.4, 0.5) is 0 Å². The fourth-order valence-corrected chi connectivity index (χ4v) is 5.67. The zero-order chi connectivity index (χ0) is 21.7. The number of rotatable bonds is 4. The van der Waals surface area contributed by atoms with Gasteiger partial charge in [0.15, 0.2) is 0 Å². The van der Waals surface area contributed by atoms with Crippen LogP contribution >= 0.6 is 0 Å². The minimum Gasteiger partial charge on any atom is -0.390 e. The van der Waals surface area contributed by atoms with Gasteiger partial charge in [0.2, 0.25) is 0 Å². The van der Waals surface area contributed by atoms with E-state index in [1.807, 2.05) is 16.8 Å². The second-order valence-electron chi connectivity index (χ2n) is 9.44. The Balaban J connectivity index is 1.19. The summed E-state index contributed by atoms with van der Waals surface area (Å²) < 4.78 is 1.99. The summed E-state index contributed by atoms with van der Waals surface area (Å²) in [7, 11) is 0. The van der Waals surface area contributed by atoms with Gasteiger partial charge in [0.05, 0.1) is 17.7 Å². The van der Waals surface area contributed by atoms with Crippen molar-refractivity contribution in [2.24, 2.45) is 5.92 Å². The van der Waals surface area contributed by atoms with E-state index in [4.69, 9.17) is 4.98 Å². The zero-order valence-electron chi connectivity index (χ0n) is 18.1. The van der Waals surface area contributed by atoms with Crippen LogP contribution < -0.4 is 0 Å². The zero-order valence-corrected chi connectivity index (χ0v) is 18.1. The molecule has 0 unspecified atom stereocenters. The summed E-state index contributed by atoms with van der Waals surface area (Å²) in [5, 5.41) is 23.7. The lowest BCUT2D eigenvalue weighted by Gasteiger charge is -2.19. The lowest BCUT2D eigenvalue weighted by molar-refractivity contribution is 0.00545. The molecule has 0 spiro atoms. The van der Waals surface area contributed by atoms with Gasteiger partial charge in [-0.15, -0.1) is 0 Å². The molecule has 4 aromatic rings. The van der Waals surface area contributed by atoms with Gasteiger partial charge in [0.1, 0.15) is 18.1 Å². The molecule has 2 aliphatic carbocycles. The van der Waals surface area contributed by atoms with Crippen molar-refractivity contribution in [3.63, 3.8) is 0 Å². The molecule has 164 valence electrons. The summed E-state index contributed by atoms with van der Waals surface area (Å²) in [4.78, 5) is 13.4. The predicted octanol–water partition coefficient (Wildman–Crippen LogP) is 3.77. The van der Waals surface area contributed by atoms with Crippen molar-refractivity contribution in [2.45, 2.75) is 63.2 Å². The summed E-state index contributed by atoms with van der Waals surface area (Å²) in [6.45, 7) is 0. The Hall–Kier alpha value is -2.83. The highest BCUT2D eigenvalue weighted by Gasteiger charge is 2.42. The topological polar surface area (TPSA) is 84.1 Å². The molecule has 1 aromatic carbocycles. The maximum atomic E-state index is 10.8. The molecule has 0 aliphatic heterocycles. The largest absolute Gasteiger partial charge is 0.390 e. The van der Waals surface area contributed by atoms with Crippen molar-refractivity contribution in [3.8, 4) is 0 Å². The number of fused-ring (bicyclic) bond motifs is 3. The highest BCUT2D eigenvalue weighted by molar-refractivity contribution is 5.80. The van der Waals surface area contributed by atoms with Gasteiger partial charge in [0.25, 0.3) is 0 Å². The number of aliphatic hydroxyl groups excluding tert-OH is 2. The minimum atomic E-state index is -0.796. The third-order valence-electron chi connectivity index (χ3n) is 7.47. The van der Waals surface area contributed by atoms with Crippen molar-refractivity contribution >= 4 is 21.9 Å². The third kappa shape index (κ3) is 3.38. The van der Waals surface area contributed by atoms with Crippen LogP contribution in [-0.4, -0.2) is 41.9 Å². The molecular weight excluding hydrogens is 400 g/mol. The lowest BCUT2D eigenvalue weighted by atomic mass is 9.93. The average molecular weight is 429 g/mol. The van der Waals surface area contributed by atoms with Crippen molar-refractivity contribution in [2.75, 3.05) is 0 Å². The fourth-order valence-electron chi connectivity index (χ4n) is 5.67. The molecule has 1 fully saturated rings. The molecule has 0 radical (unpaired) electrons. The van der Waals surface area contributed by atoms with Crippen LogP contribution in [-0.2, 0) is 19.3 Å². The Kier molecular flexibility index (Phi) is 4.92. The predicted molar refractivity (Wildman–Crippen MR) is 123 cm³/mol. The molecule has 4 atom stereocenters. The summed E-state index contributed by atoms with van der Waals surface area (Å²) >= 11 is 0. The van der Waals surface area contributed by atoms with Crippen LogP contribution in [0, 0.1) is 5.92 Å². The number of aryl methyl sites for hydroxylation is 3. The van der Waals surface area contributed by atoms with E-state index >= 15 is 0 Å². The molecule has 2 N–H and O–H groups in total. The van der Waals surface area contributed by atoms with Gasteiger partial charge in [-0.3, -0.25) is 4.98 Å². The van der Waals surface area contributed by atoms with Crippen LogP contribution in [0.15, 0.2) is 49.1 Å².